The molecule has 3 heterocycles. The zero-order valence-corrected chi connectivity index (χ0v) is 22.5. The number of rotatable bonds is 7. The normalized spacial score (nSPS) is 14.5. The minimum atomic E-state index is -0.903. The van der Waals surface area contributed by atoms with E-state index in [9.17, 15) is 4.79 Å². The van der Waals surface area contributed by atoms with E-state index in [0.29, 0.717) is 44.4 Å². The van der Waals surface area contributed by atoms with Crippen LogP contribution < -0.4 is 9.64 Å². The summed E-state index contributed by atoms with van der Waals surface area (Å²) >= 11 is 8.48. The smallest absolute Gasteiger partial charge is 0.247 e. The van der Waals surface area contributed by atoms with Gasteiger partial charge >= 0.3 is 0 Å². The molecule has 0 radical (unpaired) electrons. The van der Waals surface area contributed by atoms with Crippen LogP contribution in [-0.2, 0) is 4.79 Å². The standard InChI is InChI=1S/C27H27ClN6O2S/c1-4-5-11-16-37-27-29-25-23(30-31-27)20-14-9-10-15-21(20)33(18(3)35)26(36-25)22-17(2)32-34(24(22)28)19-12-7-6-8-13-19/h6-10,12-15,26H,4-5,11,16H2,1-3H3/t26-/m1/s1. The number of fused-ring (bicyclic) bond motifs is 3. The molecular weight excluding hydrogens is 508 g/mol. The molecule has 0 unspecified atom stereocenters. The van der Waals surface area contributed by atoms with Gasteiger partial charge in [-0.15, -0.1) is 10.2 Å². The van der Waals surface area contributed by atoms with Gasteiger partial charge in [0, 0.05) is 18.2 Å². The molecular formula is C27H27ClN6O2S. The third-order valence-electron chi connectivity index (χ3n) is 6.13. The summed E-state index contributed by atoms with van der Waals surface area (Å²) < 4.78 is 8.17. The van der Waals surface area contributed by atoms with Gasteiger partial charge in [0.25, 0.3) is 0 Å². The number of aryl methyl sites for hydroxylation is 1. The molecule has 10 heteroatoms. The first-order valence-corrected chi connectivity index (χ1v) is 13.6. The molecule has 1 atom stereocenters. The quantitative estimate of drug-likeness (QED) is 0.200. The van der Waals surface area contributed by atoms with Gasteiger partial charge < -0.3 is 4.74 Å². The second kappa shape index (κ2) is 10.9. The molecule has 0 saturated carbocycles. The van der Waals surface area contributed by atoms with E-state index in [1.165, 1.54) is 6.92 Å². The lowest BCUT2D eigenvalue weighted by molar-refractivity contribution is -0.118. The lowest BCUT2D eigenvalue weighted by atomic mass is 10.1. The summed E-state index contributed by atoms with van der Waals surface area (Å²) in [6, 6.07) is 17.1. The van der Waals surface area contributed by atoms with Gasteiger partial charge in [-0.1, -0.05) is 79.5 Å². The minimum Gasteiger partial charge on any atom is -0.447 e. The van der Waals surface area contributed by atoms with E-state index >= 15 is 0 Å². The van der Waals surface area contributed by atoms with Crippen LogP contribution in [0.1, 0.15) is 50.6 Å². The number of carbonyl (C=O) groups is 1. The molecule has 190 valence electrons. The van der Waals surface area contributed by atoms with Crippen molar-refractivity contribution in [2.45, 2.75) is 51.4 Å². The van der Waals surface area contributed by atoms with Crippen molar-refractivity contribution < 1.29 is 9.53 Å². The predicted molar refractivity (Wildman–Crippen MR) is 145 cm³/mol. The maximum Gasteiger partial charge on any atom is 0.247 e. The van der Waals surface area contributed by atoms with Crippen molar-refractivity contribution in [3.63, 3.8) is 0 Å². The maximum atomic E-state index is 13.1. The summed E-state index contributed by atoms with van der Waals surface area (Å²) in [6.07, 6.45) is 2.45. The number of nitrogens with zero attached hydrogens (tertiary/aromatic N) is 6. The fourth-order valence-corrected chi connectivity index (χ4v) is 5.49. The summed E-state index contributed by atoms with van der Waals surface area (Å²) in [5.41, 5.74) is 3.86. The number of para-hydroxylation sites is 2. The molecule has 1 aliphatic rings. The van der Waals surface area contributed by atoms with Crippen molar-refractivity contribution >= 4 is 35.0 Å². The molecule has 8 nitrogen and oxygen atoms in total. The molecule has 0 N–H and O–H groups in total. The van der Waals surface area contributed by atoms with E-state index in [-0.39, 0.29) is 5.91 Å². The molecule has 0 bridgehead atoms. The van der Waals surface area contributed by atoms with Crippen molar-refractivity contribution in [3.05, 3.63) is 71.0 Å². The maximum absolute atomic E-state index is 13.1. The summed E-state index contributed by atoms with van der Waals surface area (Å²) in [6.45, 7) is 5.53. The monoisotopic (exact) mass is 534 g/mol. The number of thioether (sulfide) groups is 1. The van der Waals surface area contributed by atoms with Crippen LogP contribution in [0.25, 0.3) is 16.9 Å². The number of benzene rings is 2. The zero-order chi connectivity index (χ0) is 25.9. The van der Waals surface area contributed by atoms with Crippen LogP contribution in [0.5, 0.6) is 5.88 Å². The Balaban J connectivity index is 1.64. The molecule has 0 aliphatic carbocycles. The molecule has 1 aliphatic heterocycles. The van der Waals surface area contributed by atoms with Crippen LogP contribution in [0.4, 0.5) is 5.69 Å². The molecule has 2 aromatic heterocycles. The third-order valence-corrected chi connectivity index (χ3v) is 7.41. The Morgan fingerprint density at radius 1 is 1.08 bits per heavy atom. The number of carbonyl (C=O) groups excluding carboxylic acids is 1. The Hall–Kier alpha value is -3.43. The first-order valence-electron chi connectivity index (χ1n) is 12.2. The van der Waals surface area contributed by atoms with Gasteiger partial charge in [0.2, 0.25) is 23.2 Å². The Kier molecular flexibility index (Phi) is 7.43. The summed E-state index contributed by atoms with van der Waals surface area (Å²) in [5, 5.41) is 14.4. The first-order chi connectivity index (χ1) is 18.0. The first kappa shape index (κ1) is 25.2. The van der Waals surface area contributed by atoms with E-state index in [4.69, 9.17) is 21.3 Å². The van der Waals surface area contributed by atoms with Crippen molar-refractivity contribution in [1.82, 2.24) is 25.0 Å². The number of anilines is 1. The molecule has 2 aromatic carbocycles. The SMILES string of the molecule is CCCCCSc1nnc2c(n1)O[C@H](c1c(C)nn(-c3ccccc3)c1Cl)N(C(C)=O)c1ccccc1-2. The van der Waals surface area contributed by atoms with Crippen LogP contribution in [-0.4, -0.2) is 36.6 Å². The Morgan fingerprint density at radius 2 is 1.84 bits per heavy atom. The number of hydrogen-bond donors (Lipinski definition) is 0. The Morgan fingerprint density at radius 3 is 2.59 bits per heavy atom. The number of unbranched alkanes of at least 4 members (excludes halogenated alkanes) is 2. The fraction of sp³-hybridized carbons (Fsp3) is 0.296. The van der Waals surface area contributed by atoms with Crippen molar-refractivity contribution in [3.8, 4) is 22.8 Å². The highest BCUT2D eigenvalue weighted by molar-refractivity contribution is 7.99. The topological polar surface area (TPSA) is 86.0 Å². The van der Waals surface area contributed by atoms with Crippen LogP contribution in [0.3, 0.4) is 0 Å². The highest BCUT2D eigenvalue weighted by Gasteiger charge is 2.38. The van der Waals surface area contributed by atoms with Gasteiger partial charge in [-0.3, -0.25) is 9.69 Å². The van der Waals surface area contributed by atoms with Gasteiger partial charge in [0.05, 0.1) is 22.6 Å². The number of aromatic nitrogens is 5. The van der Waals surface area contributed by atoms with Gasteiger partial charge in [-0.25, -0.2) is 4.68 Å². The highest BCUT2D eigenvalue weighted by Crippen LogP contribution is 2.45. The summed E-state index contributed by atoms with van der Waals surface area (Å²) in [7, 11) is 0. The highest BCUT2D eigenvalue weighted by atomic mass is 35.5. The zero-order valence-electron chi connectivity index (χ0n) is 20.9. The second-order valence-corrected chi connectivity index (χ2v) is 10.1. The van der Waals surface area contributed by atoms with Crippen LogP contribution >= 0.6 is 23.4 Å². The number of hydrogen-bond acceptors (Lipinski definition) is 7. The molecule has 4 aromatic rings. The van der Waals surface area contributed by atoms with E-state index in [0.717, 1.165) is 30.7 Å². The van der Waals surface area contributed by atoms with Crippen LogP contribution in [0, 0.1) is 6.92 Å². The van der Waals surface area contributed by atoms with Crippen LogP contribution in [0.2, 0.25) is 5.15 Å². The predicted octanol–water partition coefficient (Wildman–Crippen LogP) is 6.41. The van der Waals surface area contributed by atoms with E-state index in [1.807, 2.05) is 61.5 Å². The van der Waals surface area contributed by atoms with Crippen LogP contribution in [0.15, 0.2) is 59.8 Å². The second-order valence-electron chi connectivity index (χ2n) is 8.72. The molecule has 1 amide bonds. The van der Waals surface area contributed by atoms with E-state index in [2.05, 4.69) is 22.2 Å². The molecule has 0 fully saturated rings. The summed E-state index contributed by atoms with van der Waals surface area (Å²) in [5.74, 6) is 0.982. The molecule has 0 spiro atoms. The van der Waals surface area contributed by atoms with Crippen molar-refractivity contribution in [2.75, 3.05) is 10.7 Å². The average molecular weight is 535 g/mol. The Bertz CT molecular complexity index is 1430. The molecule has 5 rings (SSSR count). The van der Waals surface area contributed by atoms with Crippen molar-refractivity contribution in [1.29, 1.82) is 0 Å². The summed E-state index contributed by atoms with van der Waals surface area (Å²) in [4.78, 5) is 19.4. The van der Waals surface area contributed by atoms with Crippen molar-refractivity contribution in [2.24, 2.45) is 0 Å². The van der Waals surface area contributed by atoms with Gasteiger partial charge in [-0.05, 0) is 31.5 Å². The number of halogens is 1. The number of amides is 1. The lowest BCUT2D eigenvalue weighted by Crippen LogP contribution is -2.36. The van der Waals surface area contributed by atoms with Gasteiger partial charge in [-0.2, -0.15) is 10.1 Å². The third kappa shape index (κ3) is 4.93. The molecule has 37 heavy (non-hydrogen) atoms. The minimum absolute atomic E-state index is 0.213. The lowest BCUT2D eigenvalue weighted by Gasteiger charge is -2.29. The fourth-order valence-electron chi connectivity index (χ4n) is 4.35. The largest absolute Gasteiger partial charge is 0.447 e. The van der Waals surface area contributed by atoms with E-state index < -0.39 is 6.23 Å². The van der Waals surface area contributed by atoms with E-state index in [1.54, 1.807) is 21.3 Å². The Labute approximate surface area is 225 Å². The average Bonchev–Trinajstić information content (AvgIpc) is 3.12. The van der Waals surface area contributed by atoms with Gasteiger partial charge in [0.15, 0.2) is 5.69 Å². The molecule has 0 saturated heterocycles. The number of ether oxygens (including phenoxy) is 1. The van der Waals surface area contributed by atoms with Gasteiger partial charge in [0.1, 0.15) is 5.15 Å².